The van der Waals surface area contributed by atoms with Gasteiger partial charge < -0.3 is 4.74 Å². The molecule has 0 aromatic heterocycles. The number of fused-ring (bicyclic) bond motifs is 5. The summed E-state index contributed by atoms with van der Waals surface area (Å²) in [7, 11) is 0. The maximum atomic E-state index is 13.1. The van der Waals surface area contributed by atoms with Crippen LogP contribution in [0.4, 0.5) is 8.78 Å². The molecule has 4 aliphatic carbocycles. The highest BCUT2D eigenvalue weighted by molar-refractivity contribution is 6.31. The first-order valence-electron chi connectivity index (χ1n) is 14.1. The van der Waals surface area contributed by atoms with Crippen LogP contribution in [0.15, 0.2) is 0 Å². The van der Waals surface area contributed by atoms with E-state index >= 15 is 0 Å². The van der Waals surface area contributed by atoms with Crippen LogP contribution in [0.2, 0.25) is 0 Å². The second-order valence-electron chi connectivity index (χ2n) is 13.5. The van der Waals surface area contributed by atoms with Crippen molar-refractivity contribution in [2.75, 3.05) is 0 Å². The molecule has 9 unspecified atom stereocenters. The van der Waals surface area contributed by atoms with Crippen molar-refractivity contribution in [3.63, 3.8) is 0 Å². The zero-order chi connectivity index (χ0) is 24.9. The summed E-state index contributed by atoms with van der Waals surface area (Å²) in [5, 5.41) is -3.92. The lowest BCUT2D eigenvalue weighted by Crippen LogP contribution is -2.54. The SMILES string of the molecule is CC(C)CCCC(C)C1CCC2C3CCC4CC(OC(=O)C(F)(F)Cl)CCC4(C)C3CCC12C. The fourth-order valence-electron chi connectivity index (χ4n) is 9.57. The predicted octanol–water partition coefficient (Wildman–Crippen LogP) is 8.85. The molecule has 0 bridgehead atoms. The van der Waals surface area contributed by atoms with Gasteiger partial charge in [0, 0.05) is 0 Å². The predicted molar refractivity (Wildman–Crippen MR) is 134 cm³/mol. The molecule has 4 aliphatic rings. The Morgan fingerprint density at radius 3 is 2.32 bits per heavy atom. The van der Waals surface area contributed by atoms with Gasteiger partial charge in [0.05, 0.1) is 0 Å². The van der Waals surface area contributed by atoms with E-state index in [1.54, 1.807) is 0 Å². The Bertz CT molecular complexity index is 736. The van der Waals surface area contributed by atoms with E-state index in [1.165, 1.54) is 51.4 Å². The van der Waals surface area contributed by atoms with E-state index in [4.69, 9.17) is 16.3 Å². The Labute approximate surface area is 211 Å². The van der Waals surface area contributed by atoms with Crippen LogP contribution in [0.3, 0.4) is 0 Å². The molecular formula is C29H47ClF2O2. The van der Waals surface area contributed by atoms with Crippen LogP contribution in [0, 0.1) is 52.3 Å². The third-order valence-electron chi connectivity index (χ3n) is 11.3. The summed E-state index contributed by atoms with van der Waals surface area (Å²) in [6.07, 6.45) is 13.9. The molecule has 0 heterocycles. The summed E-state index contributed by atoms with van der Waals surface area (Å²) in [6, 6.07) is 0. The van der Waals surface area contributed by atoms with E-state index in [-0.39, 0.29) is 5.41 Å². The van der Waals surface area contributed by atoms with E-state index < -0.39 is 17.5 Å². The van der Waals surface area contributed by atoms with Crippen LogP contribution < -0.4 is 0 Å². The first-order chi connectivity index (χ1) is 15.9. The van der Waals surface area contributed by atoms with Gasteiger partial charge in [-0.1, -0.05) is 53.9 Å². The molecule has 0 amide bonds. The fourth-order valence-corrected chi connectivity index (χ4v) is 9.61. The van der Waals surface area contributed by atoms with Crippen LogP contribution in [0.5, 0.6) is 0 Å². The summed E-state index contributed by atoms with van der Waals surface area (Å²) >= 11 is 4.89. The van der Waals surface area contributed by atoms with Crippen LogP contribution in [0.25, 0.3) is 0 Å². The highest BCUT2D eigenvalue weighted by Crippen LogP contribution is 2.68. The molecule has 4 fully saturated rings. The Morgan fingerprint density at radius 1 is 0.971 bits per heavy atom. The third-order valence-corrected chi connectivity index (χ3v) is 11.5. The van der Waals surface area contributed by atoms with E-state index in [9.17, 15) is 13.6 Å². The standard InChI is InChI=1S/C29H47ClF2O2/c1-18(2)7-6-8-19(3)23-11-12-24-22-10-9-20-17-21(34-26(33)29(30,31)32)13-15-27(20,4)25(22)14-16-28(23,24)5/h18-25H,6-17H2,1-5H3. The number of halogens is 3. The summed E-state index contributed by atoms with van der Waals surface area (Å²) < 4.78 is 31.4. The van der Waals surface area contributed by atoms with Crippen molar-refractivity contribution < 1.29 is 18.3 Å². The van der Waals surface area contributed by atoms with Gasteiger partial charge in [-0.25, -0.2) is 4.79 Å². The lowest BCUT2D eigenvalue weighted by molar-refractivity contribution is -0.177. The molecule has 0 spiro atoms. The van der Waals surface area contributed by atoms with Crippen molar-refractivity contribution in [2.45, 2.75) is 123 Å². The average Bonchev–Trinajstić information content (AvgIpc) is 3.10. The Kier molecular flexibility index (Phi) is 7.71. The number of carbonyl (C=O) groups excluding carboxylic acids is 1. The van der Waals surface area contributed by atoms with Gasteiger partial charge in [-0.2, -0.15) is 8.78 Å². The van der Waals surface area contributed by atoms with Gasteiger partial charge >= 0.3 is 11.4 Å². The molecule has 5 heteroatoms. The van der Waals surface area contributed by atoms with Gasteiger partial charge in [-0.3, -0.25) is 0 Å². The lowest BCUT2D eigenvalue weighted by atomic mass is 9.44. The first kappa shape index (κ1) is 26.7. The second kappa shape index (κ2) is 9.82. The Balaban J connectivity index is 1.41. The number of rotatable bonds is 7. The van der Waals surface area contributed by atoms with Crippen molar-refractivity contribution in [1.29, 1.82) is 0 Å². The molecule has 0 aromatic carbocycles. The number of hydrogen-bond donors (Lipinski definition) is 0. The zero-order valence-corrected chi connectivity index (χ0v) is 22.8. The van der Waals surface area contributed by atoms with Gasteiger partial charge in [0.25, 0.3) is 0 Å². The number of hydrogen-bond acceptors (Lipinski definition) is 2. The smallest absolute Gasteiger partial charge is 0.417 e. The van der Waals surface area contributed by atoms with Crippen molar-refractivity contribution in [2.24, 2.45) is 52.3 Å². The van der Waals surface area contributed by atoms with Gasteiger partial charge in [0.2, 0.25) is 0 Å². The largest absolute Gasteiger partial charge is 0.457 e. The molecule has 0 saturated heterocycles. The molecule has 0 N–H and O–H groups in total. The van der Waals surface area contributed by atoms with Crippen LogP contribution >= 0.6 is 11.6 Å². The minimum Gasteiger partial charge on any atom is -0.457 e. The second-order valence-corrected chi connectivity index (χ2v) is 14.0. The van der Waals surface area contributed by atoms with Gasteiger partial charge in [-0.15, -0.1) is 0 Å². The number of alkyl halides is 3. The summed E-state index contributed by atoms with van der Waals surface area (Å²) in [5.74, 6) is 3.74. The zero-order valence-electron chi connectivity index (χ0n) is 22.1. The maximum Gasteiger partial charge on any atom is 0.417 e. The number of ether oxygens (including phenoxy) is 1. The van der Waals surface area contributed by atoms with E-state index in [2.05, 4.69) is 34.6 Å². The minimum absolute atomic E-state index is 0.248. The van der Waals surface area contributed by atoms with Crippen LogP contribution in [-0.2, 0) is 9.53 Å². The first-order valence-corrected chi connectivity index (χ1v) is 14.5. The monoisotopic (exact) mass is 500 g/mol. The molecular weight excluding hydrogens is 454 g/mol. The molecule has 0 aliphatic heterocycles. The van der Waals surface area contributed by atoms with Gasteiger partial charge in [-0.05, 0) is 122 Å². The Morgan fingerprint density at radius 2 is 1.65 bits per heavy atom. The van der Waals surface area contributed by atoms with Crippen molar-refractivity contribution >= 4 is 17.6 Å². The molecule has 4 saturated carbocycles. The molecule has 4 rings (SSSR count). The highest BCUT2D eigenvalue weighted by Gasteiger charge is 2.60. The molecule has 9 atom stereocenters. The van der Waals surface area contributed by atoms with Crippen molar-refractivity contribution in [1.82, 2.24) is 0 Å². The van der Waals surface area contributed by atoms with Crippen molar-refractivity contribution in [3.8, 4) is 0 Å². The van der Waals surface area contributed by atoms with Gasteiger partial charge in [0.15, 0.2) is 0 Å². The summed E-state index contributed by atoms with van der Waals surface area (Å²) in [5.41, 5.74) is 0.734. The maximum absolute atomic E-state index is 13.1. The molecule has 34 heavy (non-hydrogen) atoms. The highest BCUT2D eigenvalue weighted by atomic mass is 35.5. The fraction of sp³-hybridized carbons (Fsp3) is 0.966. The summed E-state index contributed by atoms with van der Waals surface area (Å²) in [6.45, 7) is 12.3. The number of esters is 1. The van der Waals surface area contributed by atoms with E-state index in [1.807, 2.05) is 0 Å². The van der Waals surface area contributed by atoms with Crippen molar-refractivity contribution in [3.05, 3.63) is 0 Å². The van der Waals surface area contributed by atoms with Gasteiger partial charge in [0.1, 0.15) is 6.10 Å². The average molecular weight is 501 g/mol. The minimum atomic E-state index is -3.92. The quantitative estimate of drug-likeness (QED) is 0.257. The molecule has 0 radical (unpaired) electrons. The number of carbonyl (C=O) groups is 1. The summed E-state index contributed by atoms with van der Waals surface area (Å²) in [4.78, 5) is 11.6. The van der Waals surface area contributed by atoms with E-state index in [0.717, 1.165) is 54.8 Å². The topological polar surface area (TPSA) is 26.3 Å². The third kappa shape index (κ3) is 4.92. The van der Waals surface area contributed by atoms with E-state index in [0.29, 0.717) is 17.8 Å². The molecule has 0 aromatic rings. The Hall–Kier alpha value is -0.380. The molecule has 2 nitrogen and oxygen atoms in total. The lowest BCUT2D eigenvalue weighted by Gasteiger charge is -2.61. The normalized spacial score (nSPS) is 43.1. The molecule has 196 valence electrons. The van der Waals surface area contributed by atoms with Crippen LogP contribution in [0.1, 0.15) is 112 Å². The van der Waals surface area contributed by atoms with Crippen LogP contribution in [-0.4, -0.2) is 17.5 Å².